The molecule has 34 heavy (non-hydrogen) atoms. The van der Waals surface area contributed by atoms with Gasteiger partial charge in [-0.15, -0.1) is 0 Å². The number of amides is 2. The first-order chi connectivity index (χ1) is 15.6. The predicted molar refractivity (Wildman–Crippen MR) is 133 cm³/mol. The van der Waals surface area contributed by atoms with Gasteiger partial charge in [-0.2, -0.15) is 0 Å². The Hall–Kier alpha value is -1.74. The van der Waals surface area contributed by atoms with Crippen LogP contribution in [0.3, 0.4) is 0 Å². The summed E-state index contributed by atoms with van der Waals surface area (Å²) in [4.78, 5) is 26.9. The highest BCUT2D eigenvalue weighted by Gasteiger charge is 2.52. The second-order valence-corrected chi connectivity index (χ2v) is 16.5. The topological polar surface area (TPSA) is 74.3 Å². The van der Waals surface area contributed by atoms with E-state index in [1.165, 1.54) is 4.90 Å². The third kappa shape index (κ3) is 5.56. The van der Waals surface area contributed by atoms with E-state index in [-0.39, 0.29) is 29.5 Å². The van der Waals surface area contributed by atoms with Gasteiger partial charge in [-0.3, -0.25) is 4.79 Å². The molecule has 0 bridgehead atoms. The van der Waals surface area contributed by atoms with E-state index in [2.05, 4.69) is 33.9 Å². The number of rotatable bonds is 7. The Labute approximate surface area is 205 Å². The van der Waals surface area contributed by atoms with Gasteiger partial charge >= 0.3 is 6.09 Å². The Morgan fingerprint density at radius 1 is 1.15 bits per heavy atom. The van der Waals surface area contributed by atoms with E-state index < -0.39 is 31.9 Å². The summed E-state index contributed by atoms with van der Waals surface area (Å²) in [5, 5.41) is 0.0748. The average molecular weight is 492 g/mol. The zero-order chi connectivity index (χ0) is 25.5. The van der Waals surface area contributed by atoms with Gasteiger partial charge in [0.25, 0.3) is 0 Å². The molecule has 2 heterocycles. The fraction of sp³-hybridized carbons (Fsp3) is 0.692. The van der Waals surface area contributed by atoms with Gasteiger partial charge in [0.15, 0.2) is 14.1 Å². The van der Waals surface area contributed by atoms with E-state index in [0.717, 1.165) is 5.56 Å². The number of ether oxygens (including phenoxy) is 3. The van der Waals surface area contributed by atoms with Crippen LogP contribution in [-0.2, 0) is 23.4 Å². The molecular weight excluding hydrogens is 450 g/mol. The standard InChI is InChI=1S/C26H41NO6Si/c1-18-22(19-13-11-10-12-14-19)31-23(29)27(18)21(28)16-15-20-26(7,33-25(5,6)32-20)17-30-34(8,9)24(2,3)4/h10-14,18,20,22H,15-17H2,1-9H3/t18-,20+,22-,26+/m0/s1. The normalized spacial score (nSPS) is 29.4. The molecule has 4 atom stereocenters. The van der Waals surface area contributed by atoms with Gasteiger partial charge < -0.3 is 18.6 Å². The molecule has 2 aliphatic rings. The number of benzene rings is 1. The molecule has 8 heteroatoms. The van der Waals surface area contributed by atoms with Crippen molar-refractivity contribution in [3.63, 3.8) is 0 Å². The molecule has 2 saturated heterocycles. The Morgan fingerprint density at radius 3 is 2.35 bits per heavy atom. The Bertz CT molecular complexity index is 896. The molecule has 190 valence electrons. The highest BCUT2D eigenvalue weighted by atomic mass is 28.4. The molecule has 0 saturated carbocycles. The smallest absolute Gasteiger partial charge is 0.417 e. The molecule has 0 aliphatic carbocycles. The molecule has 7 nitrogen and oxygen atoms in total. The summed E-state index contributed by atoms with van der Waals surface area (Å²) >= 11 is 0. The van der Waals surface area contributed by atoms with Gasteiger partial charge in [-0.25, -0.2) is 9.69 Å². The summed E-state index contributed by atoms with van der Waals surface area (Å²) in [7, 11) is -1.99. The van der Waals surface area contributed by atoms with E-state index in [4.69, 9.17) is 18.6 Å². The highest BCUT2D eigenvalue weighted by molar-refractivity contribution is 6.74. The van der Waals surface area contributed by atoms with Gasteiger partial charge in [-0.05, 0) is 57.8 Å². The molecule has 1 aromatic carbocycles. The molecule has 0 radical (unpaired) electrons. The number of nitrogens with zero attached hydrogens (tertiary/aromatic N) is 1. The molecular formula is C26H41NO6Si. The monoisotopic (exact) mass is 491 g/mol. The van der Waals surface area contributed by atoms with Crippen molar-refractivity contribution in [1.29, 1.82) is 0 Å². The van der Waals surface area contributed by atoms with Crippen LogP contribution in [0.4, 0.5) is 4.79 Å². The molecule has 0 unspecified atom stereocenters. The number of hydrogen-bond acceptors (Lipinski definition) is 6. The second-order valence-electron chi connectivity index (χ2n) is 11.7. The van der Waals surface area contributed by atoms with E-state index in [1.54, 1.807) is 0 Å². The van der Waals surface area contributed by atoms with Crippen molar-refractivity contribution in [3.8, 4) is 0 Å². The van der Waals surface area contributed by atoms with Gasteiger partial charge in [-0.1, -0.05) is 51.1 Å². The van der Waals surface area contributed by atoms with Gasteiger partial charge in [0, 0.05) is 6.42 Å². The zero-order valence-electron chi connectivity index (χ0n) is 22.1. The maximum Gasteiger partial charge on any atom is 0.417 e. The van der Waals surface area contributed by atoms with E-state index in [0.29, 0.717) is 13.0 Å². The van der Waals surface area contributed by atoms with Crippen LogP contribution in [0.15, 0.2) is 30.3 Å². The van der Waals surface area contributed by atoms with Crippen LogP contribution in [-0.4, -0.2) is 55.4 Å². The SMILES string of the molecule is C[C@H]1[C@@H](c2ccccc2)OC(=O)N1C(=O)CC[C@H]1OC(C)(C)O[C@]1(C)CO[Si](C)(C)C(C)(C)C. The number of carbonyl (C=O) groups is 2. The van der Waals surface area contributed by atoms with Crippen molar-refractivity contribution in [2.45, 2.75) is 109 Å². The lowest BCUT2D eigenvalue weighted by atomic mass is 9.96. The van der Waals surface area contributed by atoms with Crippen LogP contribution in [0.5, 0.6) is 0 Å². The molecule has 2 fully saturated rings. The molecule has 1 aromatic rings. The third-order valence-electron chi connectivity index (χ3n) is 7.40. The van der Waals surface area contributed by atoms with Crippen LogP contribution in [0.25, 0.3) is 0 Å². The summed E-state index contributed by atoms with van der Waals surface area (Å²) in [6, 6.07) is 9.13. The molecule has 0 spiro atoms. The molecule has 2 amide bonds. The van der Waals surface area contributed by atoms with Crippen molar-refractivity contribution in [3.05, 3.63) is 35.9 Å². The zero-order valence-corrected chi connectivity index (χ0v) is 23.1. The third-order valence-corrected chi connectivity index (χ3v) is 11.9. The molecule has 0 N–H and O–H groups in total. The van der Waals surface area contributed by atoms with Crippen molar-refractivity contribution < 1.29 is 28.2 Å². The summed E-state index contributed by atoms with van der Waals surface area (Å²) in [5.41, 5.74) is 0.187. The molecule has 0 aromatic heterocycles. The predicted octanol–water partition coefficient (Wildman–Crippen LogP) is 5.81. The van der Waals surface area contributed by atoms with E-state index >= 15 is 0 Å². The second kappa shape index (κ2) is 9.37. The fourth-order valence-corrected chi connectivity index (χ4v) is 5.48. The number of hydrogen-bond donors (Lipinski definition) is 0. The summed E-state index contributed by atoms with van der Waals surface area (Å²) in [6.07, 6.45) is -0.826. The quantitative estimate of drug-likeness (QED) is 0.448. The fourth-order valence-electron chi connectivity index (χ4n) is 4.40. The maximum absolute atomic E-state index is 13.1. The van der Waals surface area contributed by atoms with Crippen molar-refractivity contribution in [2.24, 2.45) is 0 Å². The van der Waals surface area contributed by atoms with Gasteiger partial charge in [0.2, 0.25) is 5.91 Å². The minimum atomic E-state index is -1.99. The Morgan fingerprint density at radius 2 is 1.76 bits per heavy atom. The first-order valence-corrected chi connectivity index (χ1v) is 15.1. The lowest BCUT2D eigenvalue weighted by Crippen LogP contribution is -2.49. The van der Waals surface area contributed by atoms with Crippen LogP contribution in [0, 0.1) is 0 Å². The van der Waals surface area contributed by atoms with Crippen molar-refractivity contribution in [2.75, 3.05) is 6.61 Å². The lowest BCUT2D eigenvalue weighted by Gasteiger charge is -2.39. The minimum absolute atomic E-state index is 0.0748. The molecule has 2 aliphatic heterocycles. The van der Waals surface area contributed by atoms with E-state index in [1.807, 2.05) is 58.0 Å². The first kappa shape index (κ1) is 26.9. The van der Waals surface area contributed by atoms with Crippen LogP contribution in [0.2, 0.25) is 18.1 Å². The lowest BCUT2D eigenvalue weighted by molar-refractivity contribution is -0.165. The van der Waals surface area contributed by atoms with Gasteiger partial charge in [0.1, 0.15) is 11.7 Å². The van der Waals surface area contributed by atoms with Crippen LogP contribution in [0.1, 0.15) is 73.0 Å². The van der Waals surface area contributed by atoms with Gasteiger partial charge in [0.05, 0.1) is 18.8 Å². The Kier molecular flexibility index (Phi) is 7.40. The largest absolute Gasteiger partial charge is 0.439 e. The number of carbonyl (C=O) groups excluding carboxylic acids is 2. The van der Waals surface area contributed by atoms with Crippen molar-refractivity contribution >= 4 is 20.3 Å². The number of imide groups is 1. The van der Waals surface area contributed by atoms with E-state index in [9.17, 15) is 9.59 Å². The molecule has 3 rings (SSSR count). The highest BCUT2D eigenvalue weighted by Crippen LogP contribution is 2.42. The number of cyclic esters (lactones) is 1. The van der Waals surface area contributed by atoms with Crippen LogP contribution < -0.4 is 0 Å². The van der Waals surface area contributed by atoms with Crippen LogP contribution >= 0.6 is 0 Å². The summed E-state index contributed by atoms with van der Waals surface area (Å²) < 4.78 is 24.5. The minimum Gasteiger partial charge on any atom is -0.439 e. The first-order valence-electron chi connectivity index (χ1n) is 12.2. The van der Waals surface area contributed by atoms with Crippen molar-refractivity contribution in [1.82, 2.24) is 4.90 Å². The average Bonchev–Trinajstić information content (AvgIpc) is 3.15. The Balaban J connectivity index is 1.66. The summed E-state index contributed by atoms with van der Waals surface area (Å²) in [5.74, 6) is -1.05. The summed E-state index contributed by atoms with van der Waals surface area (Å²) in [6.45, 7) is 19.0. The maximum atomic E-state index is 13.1.